The maximum Gasteiger partial charge on any atom is 0.261 e. The van der Waals surface area contributed by atoms with Gasteiger partial charge in [0.2, 0.25) is 0 Å². The summed E-state index contributed by atoms with van der Waals surface area (Å²) in [5, 5.41) is 6.13. The number of aromatic nitrogens is 1. The Kier molecular flexibility index (Phi) is 4.91. The van der Waals surface area contributed by atoms with Crippen LogP contribution in [0.2, 0.25) is 0 Å². The van der Waals surface area contributed by atoms with Crippen molar-refractivity contribution in [2.24, 2.45) is 0 Å². The molecule has 27 heavy (non-hydrogen) atoms. The zero-order valence-electron chi connectivity index (χ0n) is 13.9. The molecule has 0 bridgehead atoms. The molecule has 1 amide bonds. The largest absolute Gasteiger partial charge is 0.361 e. The maximum atomic E-state index is 13.2. The molecule has 0 saturated carbocycles. The van der Waals surface area contributed by atoms with Gasteiger partial charge in [0.25, 0.3) is 15.9 Å². The van der Waals surface area contributed by atoms with Crippen LogP contribution in [0.1, 0.15) is 16.1 Å². The molecule has 7 nitrogen and oxygen atoms in total. The number of halogens is 2. The van der Waals surface area contributed by atoms with Gasteiger partial charge in [-0.25, -0.2) is 17.2 Å². The predicted molar refractivity (Wildman–Crippen MR) is 92.8 cm³/mol. The first kappa shape index (κ1) is 18.5. The quantitative estimate of drug-likeness (QED) is 0.693. The molecular formula is C17H13F2N3O4S. The van der Waals surface area contributed by atoms with Gasteiger partial charge in [-0.3, -0.25) is 9.52 Å². The van der Waals surface area contributed by atoms with Gasteiger partial charge in [-0.05, 0) is 49.4 Å². The van der Waals surface area contributed by atoms with Gasteiger partial charge < -0.3 is 9.84 Å². The van der Waals surface area contributed by atoms with E-state index in [-0.39, 0.29) is 11.3 Å². The molecular weight excluding hydrogens is 380 g/mol. The zero-order valence-corrected chi connectivity index (χ0v) is 14.7. The second-order valence-corrected chi connectivity index (χ2v) is 7.19. The predicted octanol–water partition coefficient (Wildman–Crippen LogP) is 3.31. The second-order valence-electron chi connectivity index (χ2n) is 5.51. The van der Waals surface area contributed by atoms with E-state index in [1.54, 1.807) is 6.92 Å². The molecule has 0 atom stereocenters. The van der Waals surface area contributed by atoms with E-state index < -0.39 is 32.5 Å². The third-order valence-electron chi connectivity index (χ3n) is 3.59. The van der Waals surface area contributed by atoms with E-state index >= 15 is 0 Å². The van der Waals surface area contributed by atoms with Crippen molar-refractivity contribution >= 4 is 27.3 Å². The van der Waals surface area contributed by atoms with Gasteiger partial charge in [0.1, 0.15) is 11.3 Å². The molecule has 1 heterocycles. The molecule has 0 fully saturated rings. The van der Waals surface area contributed by atoms with E-state index in [0.717, 1.165) is 12.1 Å². The van der Waals surface area contributed by atoms with Gasteiger partial charge in [0, 0.05) is 11.4 Å². The van der Waals surface area contributed by atoms with Crippen LogP contribution in [0.5, 0.6) is 0 Å². The highest BCUT2D eigenvalue weighted by Crippen LogP contribution is 2.20. The number of benzene rings is 2. The first-order chi connectivity index (χ1) is 12.8. The van der Waals surface area contributed by atoms with E-state index in [9.17, 15) is 22.0 Å². The van der Waals surface area contributed by atoms with Crippen LogP contribution in [0.3, 0.4) is 0 Å². The number of hydrogen-bond donors (Lipinski definition) is 2. The standard InChI is InChI=1S/C17H13F2N3O4S/c1-10-14(9-20-26-10)17(23)21-11-2-4-12(5-3-11)22-27(24,25)13-6-7-15(18)16(19)8-13/h2-9,22H,1H3,(H,21,23). The second kappa shape index (κ2) is 7.16. The molecule has 0 aliphatic carbocycles. The Morgan fingerprint density at radius 2 is 1.70 bits per heavy atom. The molecule has 140 valence electrons. The van der Waals surface area contributed by atoms with Crippen molar-refractivity contribution in [2.75, 3.05) is 10.0 Å². The van der Waals surface area contributed by atoms with E-state index in [1.807, 2.05) is 0 Å². The van der Waals surface area contributed by atoms with Crippen LogP contribution < -0.4 is 10.0 Å². The van der Waals surface area contributed by atoms with Gasteiger partial charge in [-0.1, -0.05) is 5.16 Å². The van der Waals surface area contributed by atoms with Gasteiger partial charge >= 0.3 is 0 Å². The number of carbonyl (C=O) groups excluding carboxylic acids is 1. The summed E-state index contributed by atoms with van der Waals surface area (Å²) in [6.45, 7) is 1.60. The van der Waals surface area contributed by atoms with E-state index in [1.165, 1.54) is 30.5 Å². The molecule has 0 aliphatic rings. The molecule has 3 aromatic rings. The number of rotatable bonds is 5. The fraction of sp³-hybridized carbons (Fsp3) is 0.0588. The summed E-state index contributed by atoms with van der Waals surface area (Å²) in [7, 11) is -4.09. The van der Waals surface area contributed by atoms with Crippen LogP contribution in [0, 0.1) is 18.6 Å². The summed E-state index contributed by atoms with van der Waals surface area (Å²) >= 11 is 0. The van der Waals surface area contributed by atoms with Crippen molar-refractivity contribution in [1.82, 2.24) is 5.16 Å². The van der Waals surface area contributed by atoms with Gasteiger partial charge in [0.15, 0.2) is 11.6 Å². The molecule has 1 aromatic heterocycles. The van der Waals surface area contributed by atoms with Gasteiger partial charge in [-0.15, -0.1) is 0 Å². The molecule has 0 radical (unpaired) electrons. The number of aryl methyl sites for hydroxylation is 1. The molecule has 3 rings (SSSR count). The summed E-state index contributed by atoms with van der Waals surface area (Å²) in [4.78, 5) is 11.7. The number of anilines is 2. The van der Waals surface area contributed by atoms with Crippen LogP contribution in [0.4, 0.5) is 20.2 Å². The minimum absolute atomic E-state index is 0.180. The van der Waals surface area contributed by atoms with Crippen LogP contribution in [-0.2, 0) is 10.0 Å². The fourth-order valence-corrected chi connectivity index (χ4v) is 3.26. The highest BCUT2D eigenvalue weighted by Gasteiger charge is 2.17. The van der Waals surface area contributed by atoms with Crippen molar-refractivity contribution in [2.45, 2.75) is 11.8 Å². The Morgan fingerprint density at radius 1 is 1.04 bits per heavy atom. The monoisotopic (exact) mass is 393 g/mol. The Morgan fingerprint density at radius 3 is 2.30 bits per heavy atom. The van der Waals surface area contributed by atoms with Crippen LogP contribution in [-0.4, -0.2) is 19.5 Å². The van der Waals surface area contributed by atoms with Crippen molar-refractivity contribution in [3.8, 4) is 0 Å². The number of hydrogen-bond acceptors (Lipinski definition) is 5. The van der Waals surface area contributed by atoms with Crippen molar-refractivity contribution < 1.29 is 26.5 Å². The Bertz CT molecular complexity index is 1100. The third-order valence-corrected chi connectivity index (χ3v) is 4.97. The highest BCUT2D eigenvalue weighted by molar-refractivity contribution is 7.92. The topological polar surface area (TPSA) is 101 Å². The average molecular weight is 393 g/mol. The molecule has 10 heteroatoms. The summed E-state index contributed by atoms with van der Waals surface area (Å²) in [6, 6.07) is 8.05. The first-order valence-electron chi connectivity index (χ1n) is 7.57. The van der Waals surface area contributed by atoms with Crippen LogP contribution in [0.25, 0.3) is 0 Å². The number of sulfonamides is 1. The SMILES string of the molecule is Cc1oncc1C(=O)Nc1ccc(NS(=O)(=O)c2ccc(F)c(F)c2)cc1. The van der Waals surface area contributed by atoms with Gasteiger partial charge in [-0.2, -0.15) is 0 Å². The zero-order chi connectivity index (χ0) is 19.6. The maximum absolute atomic E-state index is 13.2. The number of amides is 1. The Hall–Kier alpha value is -3.27. The van der Waals surface area contributed by atoms with E-state index in [0.29, 0.717) is 17.5 Å². The number of nitrogens with one attached hydrogen (secondary N) is 2. The van der Waals surface area contributed by atoms with Crippen molar-refractivity contribution in [1.29, 1.82) is 0 Å². The molecule has 2 aromatic carbocycles. The van der Waals surface area contributed by atoms with Crippen molar-refractivity contribution in [3.05, 3.63) is 71.6 Å². The summed E-state index contributed by atoms with van der Waals surface area (Å²) in [6.07, 6.45) is 1.29. The van der Waals surface area contributed by atoms with Gasteiger partial charge in [0.05, 0.1) is 11.1 Å². The smallest absolute Gasteiger partial charge is 0.261 e. The molecule has 0 saturated heterocycles. The molecule has 0 unspecified atom stereocenters. The lowest BCUT2D eigenvalue weighted by Gasteiger charge is -2.10. The molecule has 0 aliphatic heterocycles. The summed E-state index contributed by atoms with van der Waals surface area (Å²) in [5.41, 5.74) is 0.869. The molecule has 2 N–H and O–H groups in total. The number of carbonyl (C=O) groups is 1. The minimum Gasteiger partial charge on any atom is -0.361 e. The fourth-order valence-electron chi connectivity index (χ4n) is 2.19. The van der Waals surface area contributed by atoms with Crippen LogP contribution >= 0.6 is 0 Å². The lowest BCUT2D eigenvalue weighted by atomic mass is 10.2. The van der Waals surface area contributed by atoms with E-state index in [2.05, 4.69) is 15.2 Å². The summed E-state index contributed by atoms with van der Waals surface area (Å²) < 4.78 is 57.7. The minimum atomic E-state index is -4.09. The van der Waals surface area contributed by atoms with E-state index in [4.69, 9.17) is 4.52 Å². The Labute approximate surface area is 153 Å². The highest BCUT2D eigenvalue weighted by atomic mass is 32.2. The summed E-state index contributed by atoms with van der Waals surface area (Å²) in [5.74, 6) is -2.47. The lowest BCUT2D eigenvalue weighted by molar-refractivity contribution is 0.102. The third kappa shape index (κ3) is 4.11. The normalized spacial score (nSPS) is 11.2. The average Bonchev–Trinajstić information content (AvgIpc) is 3.05. The molecule has 0 spiro atoms. The van der Waals surface area contributed by atoms with Crippen molar-refractivity contribution in [3.63, 3.8) is 0 Å². The van der Waals surface area contributed by atoms with Crippen LogP contribution in [0.15, 0.2) is 58.1 Å². The Balaban J connectivity index is 1.72. The first-order valence-corrected chi connectivity index (χ1v) is 9.05. The lowest BCUT2D eigenvalue weighted by Crippen LogP contribution is -2.14. The number of nitrogens with zero attached hydrogens (tertiary/aromatic N) is 1.